The molecule has 0 aromatic heterocycles. The summed E-state index contributed by atoms with van der Waals surface area (Å²) in [5.74, 6) is -1.36. The van der Waals surface area contributed by atoms with E-state index in [9.17, 15) is 13.9 Å². The van der Waals surface area contributed by atoms with E-state index in [2.05, 4.69) is 0 Å². The van der Waals surface area contributed by atoms with Gasteiger partial charge >= 0.3 is 0 Å². The van der Waals surface area contributed by atoms with Gasteiger partial charge < -0.3 is 15.7 Å². The summed E-state index contributed by atoms with van der Waals surface area (Å²) in [6, 6.07) is 3.07. The number of hydrogen-bond donors (Lipinski definition) is 2. The van der Waals surface area contributed by atoms with Gasteiger partial charge in [-0.2, -0.15) is 0 Å². The number of hydrogen-bond acceptors (Lipinski definition) is 3. The lowest BCUT2D eigenvalue weighted by atomic mass is 9.82. The zero-order valence-corrected chi connectivity index (χ0v) is 10.4. The second kappa shape index (κ2) is 5.20. The van der Waals surface area contributed by atoms with Crippen LogP contribution in [0.15, 0.2) is 12.1 Å². The van der Waals surface area contributed by atoms with E-state index in [1.807, 2.05) is 0 Å². The van der Waals surface area contributed by atoms with Crippen LogP contribution in [0.4, 0.5) is 14.5 Å². The molecular weight excluding hydrogens is 238 g/mol. The van der Waals surface area contributed by atoms with Crippen LogP contribution in [-0.2, 0) is 6.54 Å². The lowest BCUT2D eigenvalue weighted by molar-refractivity contribution is 0.0464. The topological polar surface area (TPSA) is 49.5 Å². The number of benzene rings is 1. The number of rotatable bonds is 4. The van der Waals surface area contributed by atoms with Crippen molar-refractivity contribution in [2.75, 3.05) is 18.5 Å². The molecule has 5 heteroatoms. The van der Waals surface area contributed by atoms with E-state index in [0.29, 0.717) is 12.5 Å². The maximum absolute atomic E-state index is 13.8. The van der Waals surface area contributed by atoms with Crippen molar-refractivity contribution in [1.29, 1.82) is 0 Å². The van der Waals surface area contributed by atoms with Crippen LogP contribution in [0.1, 0.15) is 18.4 Å². The Morgan fingerprint density at radius 2 is 2.00 bits per heavy atom. The number of nitrogens with two attached hydrogens (primary N) is 1. The van der Waals surface area contributed by atoms with Crippen LogP contribution >= 0.6 is 0 Å². The van der Waals surface area contributed by atoms with E-state index in [0.717, 1.165) is 12.8 Å². The van der Waals surface area contributed by atoms with Gasteiger partial charge in [0.05, 0.1) is 11.8 Å². The van der Waals surface area contributed by atoms with Crippen molar-refractivity contribution in [2.45, 2.75) is 25.5 Å². The van der Waals surface area contributed by atoms with Gasteiger partial charge in [0.15, 0.2) is 11.6 Å². The highest BCUT2D eigenvalue weighted by molar-refractivity contribution is 5.49. The fourth-order valence-electron chi connectivity index (χ4n) is 2.37. The van der Waals surface area contributed by atoms with Gasteiger partial charge in [0.2, 0.25) is 0 Å². The van der Waals surface area contributed by atoms with E-state index < -0.39 is 11.6 Å². The summed E-state index contributed by atoms with van der Waals surface area (Å²) < 4.78 is 27.4. The lowest BCUT2D eigenvalue weighted by Gasteiger charge is -2.35. The van der Waals surface area contributed by atoms with Gasteiger partial charge in [-0.15, -0.1) is 0 Å². The molecule has 18 heavy (non-hydrogen) atoms. The monoisotopic (exact) mass is 256 g/mol. The summed E-state index contributed by atoms with van der Waals surface area (Å²) in [7, 11) is 1.73. The van der Waals surface area contributed by atoms with Crippen LogP contribution in [-0.4, -0.2) is 24.8 Å². The zero-order chi connectivity index (χ0) is 13.3. The Morgan fingerprint density at radius 1 is 1.33 bits per heavy atom. The maximum atomic E-state index is 13.8. The van der Waals surface area contributed by atoms with E-state index in [1.54, 1.807) is 18.0 Å². The molecule has 0 saturated heterocycles. The number of nitrogens with zero attached hydrogens (tertiary/aromatic N) is 1. The van der Waals surface area contributed by atoms with Crippen molar-refractivity contribution in [1.82, 2.24) is 0 Å². The lowest BCUT2D eigenvalue weighted by Crippen LogP contribution is -2.37. The van der Waals surface area contributed by atoms with Crippen LogP contribution in [0.3, 0.4) is 0 Å². The molecule has 0 unspecified atom stereocenters. The maximum Gasteiger partial charge on any atom is 0.182 e. The molecule has 0 amide bonds. The van der Waals surface area contributed by atoms with Crippen molar-refractivity contribution in [2.24, 2.45) is 11.7 Å². The van der Waals surface area contributed by atoms with Crippen molar-refractivity contribution in [3.63, 3.8) is 0 Å². The molecule has 1 aromatic carbocycles. The molecule has 0 aliphatic heterocycles. The SMILES string of the molecule is CN(CC1CC(O)C1)c1ccc(CN)c(F)c1F. The Labute approximate surface area is 105 Å². The Kier molecular flexibility index (Phi) is 3.82. The highest BCUT2D eigenvalue weighted by atomic mass is 19.2. The molecule has 0 heterocycles. The average Bonchev–Trinajstić information content (AvgIpc) is 2.30. The van der Waals surface area contributed by atoms with E-state index >= 15 is 0 Å². The largest absolute Gasteiger partial charge is 0.393 e. The fraction of sp³-hybridized carbons (Fsp3) is 0.538. The molecule has 1 aliphatic carbocycles. The molecule has 1 aliphatic rings. The van der Waals surface area contributed by atoms with Crippen LogP contribution in [0.5, 0.6) is 0 Å². The molecule has 3 N–H and O–H groups in total. The van der Waals surface area contributed by atoms with Crippen LogP contribution in [0.2, 0.25) is 0 Å². The number of anilines is 1. The number of halogens is 2. The second-order valence-corrected chi connectivity index (χ2v) is 4.95. The summed E-state index contributed by atoms with van der Waals surface area (Å²) in [5.41, 5.74) is 5.75. The molecule has 0 bridgehead atoms. The first-order valence-electron chi connectivity index (χ1n) is 6.09. The second-order valence-electron chi connectivity index (χ2n) is 4.95. The smallest absolute Gasteiger partial charge is 0.182 e. The first-order valence-corrected chi connectivity index (χ1v) is 6.09. The zero-order valence-electron chi connectivity index (χ0n) is 10.4. The molecule has 1 aromatic rings. The predicted octanol–water partition coefficient (Wildman–Crippen LogP) is 1.63. The van der Waals surface area contributed by atoms with Gasteiger partial charge in [0.25, 0.3) is 0 Å². The molecular formula is C13H18F2N2O. The minimum Gasteiger partial charge on any atom is -0.393 e. The number of aliphatic hydroxyl groups is 1. The minimum absolute atomic E-state index is 0.0123. The highest BCUT2D eigenvalue weighted by Crippen LogP contribution is 2.30. The Hall–Kier alpha value is -1.20. The molecule has 2 rings (SSSR count). The summed E-state index contributed by atoms with van der Waals surface area (Å²) in [6.45, 7) is 0.608. The van der Waals surface area contributed by atoms with Gasteiger partial charge in [-0.1, -0.05) is 6.07 Å². The van der Waals surface area contributed by atoms with E-state index in [1.165, 1.54) is 6.07 Å². The minimum atomic E-state index is -0.865. The Balaban J connectivity index is 2.10. The van der Waals surface area contributed by atoms with Gasteiger partial charge in [0.1, 0.15) is 0 Å². The molecule has 0 spiro atoms. The Bertz CT molecular complexity index is 433. The third-order valence-corrected chi connectivity index (χ3v) is 3.52. The Morgan fingerprint density at radius 3 is 2.56 bits per heavy atom. The summed E-state index contributed by atoms with van der Waals surface area (Å²) in [5, 5.41) is 9.20. The van der Waals surface area contributed by atoms with Crippen LogP contribution in [0, 0.1) is 17.6 Å². The average molecular weight is 256 g/mol. The molecule has 100 valence electrons. The van der Waals surface area contributed by atoms with Gasteiger partial charge in [0, 0.05) is 25.7 Å². The van der Waals surface area contributed by atoms with E-state index in [-0.39, 0.29) is 23.9 Å². The van der Waals surface area contributed by atoms with Gasteiger partial charge in [-0.3, -0.25) is 0 Å². The van der Waals surface area contributed by atoms with E-state index in [4.69, 9.17) is 5.73 Å². The van der Waals surface area contributed by atoms with Gasteiger partial charge in [-0.05, 0) is 24.8 Å². The van der Waals surface area contributed by atoms with Crippen LogP contribution in [0.25, 0.3) is 0 Å². The van der Waals surface area contributed by atoms with Crippen molar-refractivity contribution in [3.05, 3.63) is 29.3 Å². The normalized spacial score (nSPS) is 22.7. The summed E-state index contributed by atoms with van der Waals surface area (Å²) in [6.07, 6.45) is 1.23. The third kappa shape index (κ3) is 2.47. The van der Waals surface area contributed by atoms with Crippen molar-refractivity contribution in [3.8, 4) is 0 Å². The first kappa shape index (κ1) is 13.2. The quantitative estimate of drug-likeness (QED) is 0.861. The number of aliphatic hydroxyl groups excluding tert-OH is 1. The standard InChI is InChI=1S/C13H18F2N2O/c1-17(7-8-4-10(18)5-8)11-3-2-9(6-16)12(14)13(11)15/h2-3,8,10,18H,4-7,16H2,1H3. The summed E-state index contributed by atoms with van der Waals surface area (Å²) in [4.78, 5) is 1.69. The predicted molar refractivity (Wildman–Crippen MR) is 66.3 cm³/mol. The summed E-state index contributed by atoms with van der Waals surface area (Å²) >= 11 is 0. The molecule has 0 radical (unpaired) electrons. The molecule has 1 fully saturated rings. The third-order valence-electron chi connectivity index (χ3n) is 3.52. The van der Waals surface area contributed by atoms with Gasteiger partial charge in [-0.25, -0.2) is 8.78 Å². The fourth-order valence-corrected chi connectivity index (χ4v) is 2.37. The first-order chi connectivity index (χ1) is 8.52. The molecule has 1 saturated carbocycles. The van der Waals surface area contributed by atoms with Crippen molar-refractivity contribution < 1.29 is 13.9 Å². The van der Waals surface area contributed by atoms with Crippen LogP contribution < -0.4 is 10.6 Å². The van der Waals surface area contributed by atoms with Crippen molar-refractivity contribution >= 4 is 5.69 Å². The highest BCUT2D eigenvalue weighted by Gasteiger charge is 2.28. The molecule has 3 nitrogen and oxygen atoms in total. The molecule has 0 atom stereocenters.